The van der Waals surface area contributed by atoms with Gasteiger partial charge in [0.25, 0.3) is 0 Å². The molecule has 0 aliphatic carbocycles. The van der Waals surface area contributed by atoms with Crippen molar-refractivity contribution in [1.29, 1.82) is 0 Å². The normalized spacial score (nSPS) is 19.7. The minimum Gasteiger partial charge on any atom is -0.326 e. The Labute approximate surface area is 183 Å². The molecule has 2 amide bonds. The molecule has 0 saturated carbocycles. The van der Waals surface area contributed by atoms with Crippen molar-refractivity contribution in [2.45, 2.75) is 37.5 Å². The highest BCUT2D eigenvalue weighted by Gasteiger charge is 2.36. The van der Waals surface area contributed by atoms with Crippen LogP contribution in [0.2, 0.25) is 0 Å². The third kappa shape index (κ3) is 4.36. The maximum Gasteiger partial charge on any atom is 0.243 e. The van der Waals surface area contributed by atoms with Gasteiger partial charge in [-0.05, 0) is 55.2 Å². The summed E-state index contributed by atoms with van der Waals surface area (Å²) >= 11 is 0. The number of carbonyl (C=O) groups is 2. The standard InChI is InChI=1S/C23H27N3O4S/c1-2-17-7-3-4-8-21(17)26-16-18(15-22(26)27)23(28)24-19-9-11-20(12-10-19)31(29,30)25-13-5-6-14-25/h3-4,7-12,18H,2,5-6,13-16H2,1H3,(H,24,28). The van der Waals surface area contributed by atoms with E-state index in [1.807, 2.05) is 31.2 Å². The second kappa shape index (κ2) is 8.80. The van der Waals surface area contributed by atoms with Gasteiger partial charge in [0.15, 0.2) is 0 Å². The summed E-state index contributed by atoms with van der Waals surface area (Å²) in [4.78, 5) is 27.2. The van der Waals surface area contributed by atoms with E-state index in [-0.39, 0.29) is 23.1 Å². The number of hydrogen-bond donors (Lipinski definition) is 1. The van der Waals surface area contributed by atoms with Gasteiger partial charge in [0, 0.05) is 37.4 Å². The van der Waals surface area contributed by atoms with Crippen LogP contribution in [-0.4, -0.2) is 44.2 Å². The van der Waals surface area contributed by atoms with Crippen molar-refractivity contribution < 1.29 is 18.0 Å². The van der Waals surface area contributed by atoms with Crippen LogP contribution in [0.15, 0.2) is 53.4 Å². The van der Waals surface area contributed by atoms with Gasteiger partial charge in [-0.15, -0.1) is 0 Å². The zero-order chi connectivity index (χ0) is 22.0. The van der Waals surface area contributed by atoms with Crippen LogP contribution in [0.1, 0.15) is 31.7 Å². The molecule has 1 N–H and O–H groups in total. The molecule has 2 fully saturated rings. The molecule has 0 aromatic heterocycles. The zero-order valence-corrected chi connectivity index (χ0v) is 18.4. The highest BCUT2D eigenvalue weighted by atomic mass is 32.2. The SMILES string of the molecule is CCc1ccccc1N1CC(C(=O)Nc2ccc(S(=O)(=O)N3CCCC3)cc2)CC1=O. The third-order valence-electron chi connectivity index (χ3n) is 5.98. The fourth-order valence-corrected chi connectivity index (χ4v) is 5.74. The van der Waals surface area contributed by atoms with E-state index in [0.29, 0.717) is 25.3 Å². The number of para-hydroxylation sites is 1. The number of benzene rings is 2. The first-order valence-corrected chi connectivity index (χ1v) is 12.1. The summed E-state index contributed by atoms with van der Waals surface area (Å²) in [5.74, 6) is -0.751. The summed E-state index contributed by atoms with van der Waals surface area (Å²) in [6.07, 6.45) is 2.73. The summed E-state index contributed by atoms with van der Waals surface area (Å²) in [6, 6.07) is 14.0. The van der Waals surface area contributed by atoms with Gasteiger partial charge in [-0.2, -0.15) is 4.31 Å². The van der Waals surface area contributed by atoms with Crippen molar-refractivity contribution in [3.63, 3.8) is 0 Å². The van der Waals surface area contributed by atoms with Gasteiger partial charge in [-0.1, -0.05) is 25.1 Å². The molecule has 2 aliphatic rings. The van der Waals surface area contributed by atoms with Gasteiger partial charge in [0.1, 0.15) is 0 Å². The van der Waals surface area contributed by atoms with E-state index in [9.17, 15) is 18.0 Å². The number of nitrogens with zero attached hydrogens (tertiary/aromatic N) is 2. The Morgan fingerprint density at radius 3 is 2.42 bits per heavy atom. The Balaban J connectivity index is 1.42. The molecule has 8 heteroatoms. The van der Waals surface area contributed by atoms with Gasteiger partial charge < -0.3 is 10.2 Å². The van der Waals surface area contributed by atoms with Crippen LogP contribution < -0.4 is 10.2 Å². The van der Waals surface area contributed by atoms with Crippen LogP contribution in [0.25, 0.3) is 0 Å². The van der Waals surface area contributed by atoms with Crippen LogP contribution in [0, 0.1) is 5.92 Å². The van der Waals surface area contributed by atoms with Crippen molar-refractivity contribution in [3.05, 3.63) is 54.1 Å². The van der Waals surface area contributed by atoms with Crippen LogP contribution in [0.3, 0.4) is 0 Å². The molecule has 1 atom stereocenters. The smallest absolute Gasteiger partial charge is 0.243 e. The fraction of sp³-hybridized carbons (Fsp3) is 0.391. The number of aryl methyl sites for hydroxylation is 1. The molecule has 2 aliphatic heterocycles. The molecule has 0 spiro atoms. The van der Waals surface area contributed by atoms with E-state index in [1.54, 1.807) is 17.0 Å². The lowest BCUT2D eigenvalue weighted by Crippen LogP contribution is -2.29. The van der Waals surface area contributed by atoms with Crippen molar-refractivity contribution >= 4 is 33.2 Å². The van der Waals surface area contributed by atoms with E-state index in [4.69, 9.17) is 0 Å². The van der Waals surface area contributed by atoms with E-state index < -0.39 is 15.9 Å². The molecule has 2 saturated heterocycles. The largest absolute Gasteiger partial charge is 0.326 e. The van der Waals surface area contributed by atoms with Crippen LogP contribution in [0.5, 0.6) is 0 Å². The summed E-state index contributed by atoms with van der Waals surface area (Å²) < 4.78 is 26.8. The maximum atomic E-state index is 12.8. The molecule has 1 unspecified atom stereocenters. The highest BCUT2D eigenvalue weighted by molar-refractivity contribution is 7.89. The zero-order valence-electron chi connectivity index (χ0n) is 17.6. The Morgan fingerprint density at radius 1 is 1.06 bits per heavy atom. The molecule has 164 valence electrons. The Hall–Kier alpha value is -2.71. The Morgan fingerprint density at radius 2 is 1.74 bits per heavy atom. The lowest BCUT2D eigenvalue weighted by molar-refractivity contribution is -0.122. The lowest BCUT2D eigenvalue weighted by atomic mass is 10.1. The molecule has 31 heavy (non-hydrogen) atoms. The lowest BCUT2D eigenvalue weighted by Gasteiger charge is -2.20. The summed E-state index contributed by atoms with van der Waals surface area (Å²) in [5.41, 5.74) is 2.46. The van der Waals surface area contributed by atoms with Gasteiger partial charge in [-0.3, -0.25) is 9.59 Å². The van der Waals surface area contributed by atoms with Crippen LogP contribution in [-0.2, 0) is 26.0 Å². The number of nitrogens with one attached hydrogen (secondary N) is 1. The van der Waals surface area contributed by atoms with E-state index in [0.717, 1.165) is 30.5 Å². The van der Waals surface area contributed by atoms with Crippen LogP contribution in [0.4, 0.5) is 11.4 Å². The van der Waals surface area contributed by atoms with E-state index >= 15 is 0 Å². The second-order valence-corrected chi connectivity index (χ2v) is 9.95. The quantitative estimate of drug-likeness (QED) is 0.747. The van der Waals surface area contributed by atoms with Crippen molar-refractivity contribution in [3.8, 4) is 0 Å². The first kappa shape index (κ1) is 21.5. The monoisotopic (exact) mass is 441 g/mol. The molecular formula is C23H27N3O4S. The Kier molecular flexibility index (Phi) is 6.11. The summed E-state index contributed by atoms with van der Waals surface area (Å²) in [6.45, 7) is 3.47. The number of hydrogen-bond acceptors (Lipinski definition) is 4. The number of anilines is 2. The average molecular weight is 442 g/mol. The van der Waals surface area contributed by atoms with Crippen molar-refractivity contribution in [1.82, 2.24) is 4.31 Å². The van der Waals surface area contributed by atoms with Gasteiger partial charge in [0.05, 0.1) is 10.8 Å². The minimum absolute atomic E-state index is 0.0619. The molecule has 0 bridgehead atoms. The molecular weight excluding hydrogens is 414 g/mol. The summed E-state index contributed by atoms with van der Waals surface area (Å²) in [5, 5.41) is 2.83. The van der Waals surface area contributed by atoms with Crippen LogP contribution >= 0.6 is 0 Å². The molecule has 2 aromatic rings. The fourth-order valence-electron chi connectivity index (χ4n) is 4.22. The highest BCUT2D eigenvalue weighted by Crippen LogP contribution is 2.29. The topological polar surface area (TPSA) is 86.8 Å². The Bertz CT molecular complexity index is 1080. The molecule has 2 heterocycles. The maximum absolute atomic E-state index is 12.8. The number of carbonyl (C=O) groups excluding carboxylic acids is 2. The van der Waals surface area contributed by atoms with E-state index in [2.05, 4.69) is 5.32 Å². The van der Waals surface area contributed by atoms with E-state index in [1.165, 1.54) is 16.4 Å². The number of sulfonamides is 1. The number of amides is 2. The molecule has 2 aromatic carbocycles. The number of rotatable bonds is 6. The predicted molar refractivity (Wildman–Crippen MR) is 119 cm³/mol. The predicted octanol–water partition coefficient (Wildman–Crippen LogP) is 3.03. The molecule has 7 nitrogen and oxygen atoms in total. The first-order valence-electron chi connectivity index (χ1n) is 10.7. The van der Waals surface area contributed by atoms with Gasteiger partial charge >= 0.3 is 0 Å². The molecule has 4 rings (SSSR count). The average Bonchev–Trinajstić information content (AvgIpc) is 3.45. The second-order valence-electron chi connectivity index (χ2n) is 8.01. The van der Waals surface area contributed by atoms with Crippen molar-refractivity contribution in [2.24, 2.45) is 5.92 Å². The summed E-state index contributed by atoms with van der Waals surface area (Å²) in [7, 11) is -3.48. The van der Waals surface area contributed by atoms with Gasteiger partial charge in [0.2, 0.25) is 21.8 Å². The first-order chi connectivity index (χ1) is 14.9. The minimum atomic E-state index is -3.48. The van der Waals surface area contributed by atoms with Gasteiger partial charge in [-0.25, -0.2) is 8.42 Å². The van der Waals surface area contributed by atoms with Crippen molar-refractivity contribution in [2.75, 3.05) is 29.9 Å². The third-order valence-corrected chi connectivity index (χ3v) is 7.90. The molecule has 0 radical (unpaired) electrons.